The first-order valence-electron chi connectivity index (χ1n) is 6.06. The Balaban J connectivity index is 1.85. The summed E-state index contributed by atoms with van der Waals surface area (Å²) in [4.78, 5) is 15.9. The zero-order valence-electron chi connectivity index (χ0n) is 10.4. The van der Waals surface area contributed by atoms with Gasteiger partial charge in [-0.1, -0.05) is 6.92 Å². The molecule has 1 aromatic heterocycles. The molecule has 2 N–H and O–H groups in total. The summed E-state index contributed by atoms with van der Waals surface area (Å²) in [6.07, 6.45) is 3.58. The number of carbonyl (C=O) groups is 1. The Morgan fingerprint density at radius 2 is 2.41 bits per heavy atom. The highest BCUT2D eigenvalue weighted by Crippen LogP contribution is 2.16. The van der Waals surface area contributed by atoms with Crippen LogP contribution in [0.3, 0.4) is 0 Å². The van der Waals surface area contributed by atoms with E-state index >= 15 is 0 Å². The quantitative estimate of drug-likeness (QED) is 0.811. The fraction of sp³-hybridized carbons (Fsp3) is 0.538. The number of carbonyl (C=O) groups excluding carboxylic acids is 1. The van der Waals surface area contributed by atoms with E-state index in [0.717, 1.165) is 24.2 Å². The van der Waals surface area contributed by atoms with Crippen molar-refractivity contribution in [3.8, 4) is 0 Å². The van der Waals surface area contributed by atoms with Crippen molar-refractivity contribution in [1.29, 1.82) is 0 Å². The van der Waals surface area contributed by atoms with Crippen molar-refractivity contribution in [3.05, 3.63) is 29.6 Å². The third-order valence-corrected chi connectivity index (χ3v) is 3.52. The lowest BCUT2D eigenvalue weighted by atomic mass is 9.88. The van der Waals surface area contributed by atoms with Crippen molar-refractivity contribution in [2.45, 2.75) is 20.4 Å². The van der Waals surface area contributed by atoms with Crippen LogP contribution in [0.1, 0.15) is 18.1 Å². The van der Waals surface area contributed by atoms with Crippen LogP contribution in [-0.4, -0.2) is 24.0 Å². The van der Waals surface area contributed by atoms with E-state index < -0.39 is 0 Å². The molecule has 0 radical (unpaired) electrons. The van der Waals surface area contributed by atoms with Crippen molar-refractivity contribution in [2.24, 2.45) is 11.8 Å². The van der Waals surface area contributed by atoms with Crippen LogP contribution in [0.5, 0.6) is 0 Å². The molecule has 0 aliphatic carbocycles. The smallest absolute Gasteiger partial charge is 0.223 e. The van der Waals surface area contributed by atoms with Gasteiger partial charge in [0.2, 0.25) is 5.91 Å². The molecule has 1 aromatic rings. The summed E-state index contributed by atoms with van der Waals surface area (Å²) in [5.41, 5.74) is 2.25. The number of hydrogen-bond donors (Lipinski definition) is 2. The molecule has 1 atom stereocenters. The van der Waals surface area contributed by atoms with Crippen molar-refractivity contribution in [1.82, 2.24) is 15.6 Å². The number of aryl methyl sites for hydroxylation is 1. The van der Waals surface area contributed by atoms with Gasteiger partial charge in [-0.2, -0.15) is 0 Å². The molecule has 1 fully saturated rings. The first kappa shape index (κ1) is 12.0. The van der Waals surface area contributed by atoms with Crippen LogP contribution in [0.25, 0.3) is 0 Å². The molecule has 0 aromatic carbocycles. The fourth-order valence-corrected chi connectivity index (χ4v) is 1.92. The number of amides is 1. The first-order valence-corrected chi connectivity index (χ1v) is 6.06. The molecule has 0 bridgehead atoms. The number of nitrogens with zero attached hydrogens (tertiary/aromatic N) is 1. The van der Waals surface area contributed by atoms with E-state index in [4.69, 9.17) is 0 Å². The zero-order valence-corrected chi connectivity index (χ0v) is 10.4. The molecule has 2 rings (SSSR count). The predicted octanol–water partition coefficient (Wildman–Crippen LogP) is 0.862. The van der Waals surface area contributed by atoms with Crippen LogP contribution < -0.4 is 10.6 Å². The predicted molar refractivity (Wildman–Crippen MR) is 66.3 cm³/mol. The van der Waals surface area contributed by atoms with E-state index in [2.05, 4.69) is 15.6 Å². The highest BCUT2D eigenvalue weighted by Gasteiger charge is 2.28. The molecule has 17 heavy (non-hydrogen) atoms. The second-order valence-electron chi connectivity index (χ2n) is 4.73. The molecule has 1 amide bonds. The van der Waals surface area contributed by atoms with Gasteiger partial charge in [-0.05, 0) is 43.1 Å². The lowest BCUT2D eigenvalue weighted by molar-refractivity contribution is -0.126. The Hall–Kier alpha value is -1.42. The van der Waals surface area contributed by atoms with Gasteiger partial charge >= 0.3 is 0 Å². The maximum Gasteiger partial charge on any atom is 0.223 e. The normalized spacial score (nSPS) is 17.3. The molecular formula is C13H19N3O. The molecule has 1 unspecified atom stereocenters. The minimum absolute atomic E-state index is 0.0957. The number of hydrogen-bond acceptors (Lipinski definition) is 3. The summed E-state index contributed by atoms with van der Waals surface area (Å²) in [5, 5.41) is 6.19. The lowest BCUT2D eigenvalue weighted by Gasteiger charge is -2.31. The summed E-state index contributed by atoms with van der Waals surface area (Å²) in [6.45, 7) is 6.53. The topological polar surface area (TPSA) is 54.0 Å². The standard InChI is InChI=1S/C13H19N3O/c1-9-5-14-4-3-11(9)8-16-13(17)10(2)12-6-15-7-12/h3-5,10,12,15H,6-8H2,1-2H3,(H,16,17). The molecule has 1 aliphatic heterocycles. The first-order chi connectivity index (χ1) is 8.18. The Labute approximate surface area is 102 Å². The average Bonchev–Trinajstić information content (AvgIpc) is 2.25. The third-order valence-electron chi connectivity index (χ3n) is 3.52. The largest absolute Gasteiger partial charge is 0.352 e. The number of aromatic nitrogens is 1. The maximum absolute atomic E-state index is 11.9. The minimum atomic E-state index is 0.0957. The van der Waals surface area contributed by atoms with Crippen LogP contribution in [0, 0.1) is 18.8 Å². The minimum Gasteiger partial charge on any atom is -0.352 e. The van der Waals surface area contributed by atoms with Gasteiger partial charge in [-0.15, -0.1) is 0 Å². The number of nitrogens with one attached hydrogen (secondary N) is 2. The van der Waals surface area contributed by atoms with E-state index in [-0.39, 0.29) is 11.8 Å². The van der Waals surface area contributed by atoms with Crippen LogP contribution in [0.4, 0.5) is 0 Å². The summed E-state index contributed by atoms with van der Waals surface area (Å²) in [5.74, 6) is 0.736. The molecule has 0 spiro atoms. The molecule has 1 saturated heterocycles. The van der Waals surface area contributed by atoms with Crippen molar-refractivity contribution < 1.29 is 4.79 Å². The molecule has 4 nitrogen and oxygen atoms in total. The van der Waals surface area contributed by atoms with Gasteiger partial charge in [-0.3, -0.25) is 9.78 Å². The van der Waals surface area contributed by atoms with E-state index in [9.17, 15) is 4.79 Å². The van der Waals surface area contributed by atoms with E-state index in [0.29, 0.717) is 12.5 Å². The molecule has 4 heteroatoms. The zero-order chi connectivity index (χ0) is 12.3. The molecule has 0 saturated carbocycles. The molecule has 2 heterocycles. The fourth-order valence-electron chi connectivity index (χ4n) is 1.92. The Morgan fingerprint density at radius 3 is 3.00 bits per heavy atom. The van der Waals surface area contributed by atoms with Crippen molar-refractivity contribution in [3.63, 3.8) is 0 Å². The van der Waals surface area contributed by atoms with Gasteiger partial charge in [0.1, 0.15) is 0 Å². The summed E-state index contributed by atoms with van der Waals surface area (Å²) in [6, 6.07) is 1.95. The second kappa shape index (κ2) is 5.27. The highest BCUT2D eigenvalue weighted by molar-refractivity contribution is 5.78. The van der Waals surface area contributed by atoms with Gasteiger partial charge in [0.05, 0.1) is 0 Å². The number of pyridine rings is 1. The van der Waals surface area contributed by atoms with E-state index in [1.54, 1.807) is 6.20 Å². The molecular weight excluding hydrogens is 214 g/mol. The Bertz CT molecular complexity index is 401. The lowest BCUT2D eigenvalue weighted by Crippen LogP contribution is -2.49. The van der Waals surface area contributed by atoms with E-state index in [1.807, 2.05) is 26.1 Å². The van der Waals surface area contributed by atoms with Crippen molar-refractivity contribution >= 4 is 5.91 Å². The summed E-state index contributed by atoms with van der Waals surface area (Å²) < 4.78 is 0. The Morgan fingerprint density at radius 1 is 1.65 bits per heavy atom. The van der Waals surface area contributed by atoms with Crippen LogP contribution >= 0.6 is 0 Å². The second-order valence-corrected chi connectivity index (χ2v) is 4.73. The van der Waals surface area contributed by atoms with Gasteiger partial charge in [0, 0.05) is 24.9 Å². The van der Waals surface area contributed by atoms with E-state index in [1.165, 1.54) is 0 Å². The van der Waals surface area contributed by atoms with Crippen molar-refractivity contribution in [2.75, 3.05) is 13.1 Å². The number of rotatable bonds is 4. The molecule has 92 valence electrons. The van der Waals surface area contributed by atoms with Crippen LogP contribution in [0.15, 0.2) is 18.5 Å². The van der Waals surface area contributed by atoms with Gasteiger partial charge in [-0.25, -0.2) is 0 Å². The summed E-state index contributed by atoms with van der Waals surface area (Å²) in [7, 11) is 0. The average molecular weight is 233 g/mol. The van der Waals surface area contributed by atoms with Gasteiger partial charge < -0.3 is 10.6 Å². The molecule has 1 aliphatic rings. The van der Waals surface area contributed by atoms with Crippen LogP contribution in [0.2, 0.25) is 0 Å². The monoisotopic (exact) mass is 233 g/mol. The highest BCUT2D eigenvalue weighted by atomic mass is 16.1. The SMILES string of the molecule is Cc1cnccc1CNC(=O)C(C)C1CNC1. The van der Waals surface area contributed by atoms with Gasteiger partial charge in [0.25, 0.3) is 0 Å². The maximum atomic E-state index is 11.9. The van der Waals surface area contributed by atoms with Gasteiger partial charge in [0.15, 0.2) is 0 Å². The summed E-state index contributed by atoms with van der Waals surface area (Å²) >= 11 is 0. The van der Waals surface area contributed by atoms with Crippen LogP contribution in [-0.2, 0) is 11.3 Å². The Kier molecular flexibility index (Phi) is 3.74. The third kappa shape index (κ3) is 2.82.